The van der Waals surface area contributed by atoms with Crippen LogP contribution in [0, 0.1) is 0 Å². The van der Waals surface area contributed by atoms with E-state index < -0.39 is 0 Å². The van der Waals surface area contributed by atoms with Gasteiger partial charge in [0.25, 0.3) is 0 Å². The minimum absolute atomic E-state index is 0.120. The van der Waals surface area contributed by atoms with Gasteiger partial charge < -0.3 is 4.74 Å². The number of esters is 1. The molecule has 0 saturated heterocycles. The Morgan fingerprint density at radius 3 is 2.21 bits per heavy atom. The summed E-state index contributed by atoms with van der Waals surface area (Å²) >= 11 is 0. The maximum absolute atomic E-state index is 12.1. The van der Waals surface area contributed by atoms with Gasteiger partial charge in [-0.25, -0.2) is 0 Å². The second-order valence-electron chi connectivity index (χ2n) is 7.01. The number of ether oxygens (including phenoxy) is 1. The maximum atomic E-state index is 12.1. The third-order valence-electron chi connectivity index (χ3n) is 5.03. The van der Waals surface area contributed by atoms with Crippen molar-refractivity contribution in [2.45, 2.75) is 103 Å². The summed E-state index contributed by atoms with van der Waals surface area (Å²) in [6.07, 6.45) is 16.3. The summed E-state index contributed by atoms with van der Waals surface area (Å²) in [7, 11) is 1.44. The molecule has 0 N–H and O–H groups in total. The van der Waals surface area contributed by atoms with E-state index in [1.54, 1.807) is 0 Å². The first-order chi connectivity index (χ1) is 11.7. The monoisotopic (exact) mass is 336 g/mol. The van der Waals surface area contributed by atoms with Crippen LogP contribution in [0.3, 0.4) is 0 Å². The second-order valence-corrected chi connectivity index (χ2v) is 7.01. The highest BCUT2D eigenvalue weighted by Gasteiger charge is 2.21. The fraction of sp³-hybridized carbons (Fsp3) is 0.810. The Morgan fingerprint density at radius 2 is 1.50 bits per heavy atom. The van der Waals surface area contributed by atoms with Crippen LogP contribution in [0.1, 0.15) is 103 Å². The summed E-state index contributed by atoms with van der Waals surface area (Å²) in [5.41, 5.74) is 2.60. The van der Waals surface area contributed by atoms with E-state index in [9.17, 15) is 9.59 Å². The topological polar surface area (TPSA) is 43.4 Å². The summed E-state index contributed by atoms with van der Waals surface area (Å²) in [6.45, 7) is 2.25. The van der Waals surface area contributed by atoms with Gasteiger partial charge in [0, 0.05) is 12.8 Å². The quantitative estimate of drug-likeness (QED) is 0.292. The molecule has 0 amide bonds. The fourth-order valence-electron chi connectivity index (χ4n) is 3.50. The van der Waals surface area contributed by atoms with Crippen molar-refractivity contribution in [3.63, 3.8) is 0 Å². The van der Waals surface area contributed by atoms with Crippen molar-refractivity contribution in [2.75, 3.05) is 7.11 Å². The zero-order chi connectivity index (χ0) is 17.6. The van der Waals surface area contributed by atoms with Crippen molar-refractivity contribution < 1.29 is 14.3 Å². The van der Waals surface area contributed by atoms with Gasteiger partial charge in [0.15, 0.2) is 5.78 Å². The summed E-state index contributed by atoms with van der Waals surface area (Å²) in [5, 5.41) is 0. The Kier molecular flexibility index (Phi) is 11.5. The SMILES string of the molecule is CCCCCCCCC1=C(CCCCCCC(=O)OC)C(=O)CC1. The Morgan fingerprint density at radius 1 is 0.875 bits per heavy atom. The lowest BCUT2D eigenvalue weighted by atomic mass is 9.98. The molecule has 0 aromatic rings. The molecule has 0 spiro atoms. The Labute approximate surface area is 148 Å². The number of hydrogen-bond acceptors (Lipinski definition) is 3. The first kappa shape index (κ1) is 20.9. The van der Waals surface area contributed by atoms with Crippen LogP contribution in [0.15, 0.2) is 11.1 Å². The summed E-state index contributed by atoms with van der Waals surface area (Å²) in [6, 6.07) is 0. The highest BCUT2D eigenvalue weighted by atomic mass is 16.5. The molecule has 3 heteroatoms. The molecule has 1 rings (SSSR count). The normalized spacial score (nSPS) is 14.5. The lowest BCUT2D eigenvalue weighted by Gasteiger charge is -2.07. The molecule has 0 saturated carbocycles. The molecule has 1 aliphatic carbocycles. The third-order valence-corrected chi connectivity index (χ3v) is 5.03. The zero-order valence-electron chi connectivity index (χ0n) is 15.8. The molecule has 138 valence electrons. The van der Waals surface area contributed by atoms with Crippen molar-refractivity contribution in [1.82, 2.24) is 0 Å². The van der Waals surface area contributed by atoms with Crippen LogP contribution < -0.4 is 0 Å². The van der Waals surface area contributed by atoms with Crippen molar-refractivity contribution in [3.05, 3.63) is 11.1 Å². The minimum atomic E-state index is -0.120. The fourth-order valence-corrected chi connectivity index (χ4v) is 3.50. The summed E-state index contributed by atoms with van der Waals surface area (Å²) < 4.78 is 4.64. The van der Waals surface area contributed by atoms with E-state index in [1.807, 2.05) is 0 Å². The lowest BCUT2D eigenvalue weighted by Crippen LogP contribution is -1.99. The molecule has 0 unspecified atom stereocenters. The number of ketones is 1. The van der Waals surface area contributed by atoms with Gasteiger partial charge in [-0.2, -0.15) is 0 Å². The second kappa shape index (κ2) is 13.2. The maximum Gasteiger partial charge on any atom is 0.305 e. The number of allylic oxidation sites excluding steroid dienone is 2. The Bertz CT molecular complexity index is 409. The van der Waals surface area contributed by atoms with Gasteiger partial charge in [0.1, 0.15) is 0 Å². The Hall–Kier alpha value is -1.12. The first-order valence-corrected chi connectivity index (χ1v) is 10.00. The zero-order valence-corrected chi connectivity index (χ0v) is 15.8. The molecule has 1 aliphatic rings. The molecule has 0 fully saturated rings. The number of hydrogen-bond donors (Lipinski definition) is 0. The van der Waals surface area contributed by atoms with Crippen LogP contribution in [-0.2, 0) is 14.3 Å². The van der Waals surface area contributed by atoms with Gasteiger partial charge in [-0.3, -0.25) is 9.59 Å². The lowest BCUT2D eigenvalue weighted by molar-refractivity contribution is -0.140. The van der Waals surface area contributed by atoms with Crippen molar-refractivity contribution >= 4 is 11.8 Å². The van der Waals surface area contributed by atoms with Crippen LogP contribution in [-0.4, -0.2) is 18.9 Å². The van der Waals surface area contributed by atoms with E-state index in [2.05, 4.69) is 11.7 Å². The molecule has 24 heavy (non-hydrogen) atoms. The van der Waals surface area contributed by atoms with E-state index >= 15 is 0 Å². The van der Waals surface area contributed by atoms with E-state index in [0.717, 1.165) is 56.9 Å². The van der Waals surface area contributed by atoms with Crippen LogP contribution >= 0.6 is 0 Å². The molecule has 0 radical (unpaired) electrons. The number of unbranched alkanes of at least 4 members (excludes halogenated alkanes) is 8. The number of methoxy groups -OCH3 is 1. The van der Waals surface area contributed by atoms with Crippen LogP contribution in [0.5, 0.6) is 0 Å². The van der Waals surface area contributed by atoms with Crippen molar-refractivity contribution in [1.29, 1.82) is 0 Å². The largest absolute Gasteiger partial charge is 0.469 e. The van der Waals surface area contributed by atoms with Crippen molar-refractivity contribution in [2.24, 2.45) is 0 Å². The van der Waals surface area contributed by atoms with Gasteiger partial charge in [-0.1, -0.05) is 57.4 Å². The van der Waals surface area contributed by atoms with Gasteiger partial charge in [0.2, 0.25) is 0 Å². The van der Waals surface area contributed by atoms with E-state index in [4.69, 9.17) is 0 Å². The summed E-state index contributed by atoms with van der Waals surface area (Å²) in [5.74, 6) is 0.274. The standard InChI is InChI=1S/C21H36O3/c1-3-4-5-6-7-10-13-18-16-17-20(22)19(18)14-11-8-9-12-15-21(23)24-2/h3-17H2,1-2H3. The van der Waals surface area contributed by atoms with Gasteiger partial charge in [-0.05, 0) is 44.1 Å². The number of rotatable bonds is 14. The van der Waals surface area contributed by atoms with E-state index in [0.29, 0.717) is 12.2 Å². The molecular weight excluding hydrogens is 300 g/mol. The van der Waals surface area contributed by atoms with Crippen LogP contribution in [0.4, 0.5) is 0 Å². The van der Waals surface area contributed by atoms with Crippen molar-refractivity contribution in [3.8, 4) is 0 Å². The molecule has 0 aromatic heterocycles. The van der Waals surface area contributed by atoms with Crippen LogP contribution in [0.2, 0.25) is 0 Å². The average Bonchev–Trinajstić information content (AvgIpc) is 2.94. The highest BCUT2D eigenvalue weighted by Crippen LogP contribution is 2.31. The molecule has 3 nitrogen and oxygen atoms in total. The van der Waals surface area contributed by atoms with E-state index in [-0.39, 0.29) is 5.97 Å². The minimum Gasteiger partial charge on any atom is -0.469 e. The third kappa shape index (κ3) is 8.65. The molecule has 0 aliphatic heterocycles. The number of carbonyl (C=O) groups excluding carboxylic acids is 2. The van der Waals surface area contributed by atoms with Crippen LogP contribution in [0.25, 0.3) is 0 Å². The van der Waals surface area contributed by atoms with E-state index in [1.165, 1.54) is 51.2 Å². The van der Waals surface area contributed by atoms with Gasteiger partial charge in [0.05, 0.1) is 7.11 Å². The molecule has 0 bridgehead atoms. The van der Waals surface area contributed by atoms with Gasteiger partial charge >= 0.3 is 5.97 Å². The predicted molar refractivity (Wildman–Crippen MR) is 99.0 cm³/mol. The molecular formula is C21H36O3. The summed E-state index contributed by atoms with van der Waals surface area (Å²) in [4.78, 5) is 23.1. The molecule has 0 aromatic carbocycles. The Balaban J connectivity index is 2.19. The van der Waals surface area contributed by atoms with Gasteiger partial charge in [-0.15, -0.1) is 0 Å². The first-order valence-electron chi connectivity index (χ1n) is 10.00. The smallest absolute Gasteiger partial charge is 0.305 e. The highest BCUT2D eigenvalue weighted by molar-refractivity contribution is 5.98. The number of carbonyl (C=O) groups is 2. The molecule has 0 heterocycles. The number of Topliss-reactive ketones (excluding diaryl/α,β-unsaturated/α-hetero) is 1. The predicted octanol–water partition coefficient (Wildman–Crippen LogP) is 5.91. The molecule has 0 atom stereocenters. The average molecular weight is 337 g/mol.